The minimum Gasteiger partial charge on any atom is -0.310 e. The Kier molecular flexibility index (Phi) is 5.33. The van der Waals surface area contributed by atoms with E-state index in [1.807, 2.05) is 11.3 Å². The Morgan fingerprint density at radius 1 is 0.415 bits per heavy atom. The Hall–Kier alpha value is -6.56. The minimum absolute atomic E-state index is 0.0625. The van der Waals surface area contributed by atoms with Gasteiger partial charge in [-0.2, -0.15) is 0 Å². The molecular weight excluding hydrogens is 661 g/mol. The first-order valence-corrected chi connectivity index (χ1v) is 19.1. The number of hydrogen-bond acceptors (Lipinski definition) is 2. The van der Waals surface area contributed by atoms with E-state index >= 15 is 0 Å². The fourth-order valence-electron chi connectivity index (χ4n) is 9.84. The average Bonchev–Trinajstić information content (AvgIpc) is 3.88. The van der Waals surface area contributed by atoms with Gasteiger partial charge in [-0.15, -0.1) is 11.3 Å². The molecule has 0 fully saturated rings. The third kappa shape index (κ3) is 3.50. The molecule has 0 unspecified atom stereocenters. The van der Waals surface area contributed by atoms with E-state index in [2.05, 4.69) is 184 Å². The number of thiophene rings is 1. The van der Waals surface area contributed by atoms with Gasteiger partial charge in [0.25, 0.3) is 6.71 Å². The molecule has 3 nitrogen and oxygen atoms in total. The predicted octanol–water partition coefficient (Wildman–Crippen LogP) is 10.9. The molecule has 5 heterocycles. The van der Waals surface area contributed by atoms with Crippen LogP contribution in [0.2, 0.25) is 0 Å². The average molecular weight is 690 g/mol. The first-order valence-electron chi connectivity index (χ1n) is 18.3. The summed E-state index contributed by atoms with van der Waals surface area (Å²) >= 11 is 1.95. The third-order valence-corrected chi connectivity index (χ3v) is 13.1. The molecule has 3 aromatic heterocycles. The van der Waals surface area contributed by atoms with Gasteiger partial charge in [0.05, 0.1) is 22.2 Å². The van der Waals surface area contributed by atoms with Gasteiger partial charge in [0.15, 0.2) is 0 Å². The maximum Gasteiger partial charge on any atom is 0.254 e. The fourth-order valence-corrected chi connectivity index (χ4v) is 11.1. The van der Waals surface area contributed by atoms with Crippen molar-refractivity contribution in [2.75, 3.05) is 4.90 Å². The SMILES string of the molecule is c1ccc(N(c2ccccc2)c2cc3c4c(c2)-n2c5ccccc5c5cc6c(sc7ccccc76)c(c52)B4c2cccc4c5ccccc5n-3c24)cc1. The second-order valence-corrected chi connectivity index (χ2v) is 15.5. The zero-order valence-electron chi connectivity index (χ0n) is 28.5. The van der Waals surface area contributed by atoms with E-state index in [1.54, 1.807) is 0 Å². The van der Waals surface area contributed by atoms with Crippen molar-refractivity contribution < 1.29 is 0 Å². The second-order valence-electron chi connectivity index (χ2n) is 14.4. The minimum atomic E-state index is 0.0625. The molecule has 53 heavy (non-hydrogen) atoms. The van der Waals surface area contributed by atoms with Crippen molar-refractivity contribution in [3.63, 3.8) is 0 Å². The molecule has 0 aliphatic carbocycles. The topological polar surface area (TPSA) is 13.1 Å². The van der Waals surface area contributed by atoms with Crippen LogP contribution in [0.15, 0.2) is 170 Å². The van der Waals surface area contributed by atoms with Crippen molar-refractivity contribution in [3.05, 3.63) is 170 Å². The molecule has 0 radical (unpaired) electrons. The van der Waals surface area contributed by atoms with Crippen LogP contribution < -0.4 is 21.3 Å². The van der Waals surface area contributed by atoms with Crippen LogP contribution in [0.5, 0.6) is 0 Å². The Morgan fingerprint density at radius 2 is 0.981 bits per heavy atom. The first kappa shape index (κ1) is 28.1. The van der Waals surface area contributed by atoms with E-state index < -0.39 is 0 Å². The van der Waals surface area contributed by atoms with Crippen molar-refractivity contribution in [2.45, 2.75) is 0 Å². The van der Waals surface area contributed by atoms with Crippen molar-refractivity contribution in [1.29, 1.82) is 0 Å². The molecule has 0 amide bonds. The molecule has 0 N–H and O–H groups in total. The van der Waals surface area contributed by atoms with Gasteiger partial charge < -0.3 is 14.0 Å². The number of para-hydroxylation sites is 5. The quantitative estimate of drug-likeness (QED) is 0.168. The Morgan fingerprint density at radius 3 is 1.68 bits per heavy atom. The Bertz CT molecular complexity index is 3320. The van der Waals surface area contributed by atoms with Crippen LogP contribution in [-0.4, -0.2) is 15.8 Å². The maximum atomic E-state index is 2.60. The number of nitrogens with zero attached hydrogens (tertiary/aromatic N) is 3. The standard InChI is InChI=1S/C48H28BN3S/c1-3-14-29(15-4-1)50(30-16-5-2-6-17-30)31-26-41-44-42(27-31)52-40-24-11-8-19-33(40)36-28-37-34-20-9-12-25-43(34)53-48(37)45(47(36)52)49(44)38-22-13-21-35-32-18-7-10-23-39(32)51(41)46(35)38/h1-28H. The molecule has 0 saturated heterocycles. The summed E-state index contributed by atoms with van der Waals surface area (Å²) in [5.74, 6) is 0. The summed E-state index contributed by atoms with van der Waals surface area (Å²) in [5, 5.41) is 7.92. The van der Waals surface area contributed by atoms with E-state index in [9.17, 15) is 0 Å². The number of aromatic nitrogens is 2. The summed E-state index contributed by atoms with van der Waals surface area (Å²) in [5.41, 5.74) is 15.2. The lowest BCUT2D eigenvalue weighted by atomic mass is 9.34. The fraction of sp³-hybridized carbons (Fsp3) is 0. The first-order chi connectivity index (χ1) is 26.3. The van der Waals surface area contributed by atoms with Crippen LogP contribution in [0, 0.1) is 0 Å². The largest absolute Gasteiger partial charge is 0.310 e. The van der Waals surface area contributed by atoms with Gasteiger partial charge in [-0.05, 0) is 77.1 Å². The normalized spacial score (nSPS) is 12.9. The molecule has 5 heteroatoms. The summed E-state index contributed by atoms with van der Waals surface area (Å²) in [4.78, 5) is 2.42. The Labute approximate surface area is 309 Å². The van der Waals surface area contributed by atoms with Gasteiger partial charge in [0.2, 0.25) is 0 Å². The van der Waals surface area contributed by atoms with Crippen molar-refractivity contribution in [1.82, 2.24) is 9.13 Å². The molecule has 8 aromatic carbocycles. The van der Waals surface area contributed by atoms with Gasteiger partial charge in [-0.25, -0.2) is 0 Å². The third-order valence-electron chi connectivity index (χ3n) is 11.8. The highest BCUT2D eigenvalue weighted by Crippen LogP contribution is 2.45. The van der Waals surface area contributed by atoms with Crippen LogP contribution in [0.1, 0.15) is 0 Å². The van der Waals surface area contributed by atoms with Crippen LogP contribution >= 0.6 is 11.3 Å². The van der Waals surface area contributed by atoms with Crippen LogP contribution in [0.4, 0.5) is 17.1 Å². The van der Waals surface area contributed by atoms with Gasteiger partial charge in [-0.3, -0.25) is 0 Å². The summed E-state index contributed by atoms with van der Waals surface area (Å²) in [7, 11) is 0. The van der Waals surface area contributed by atoms with Crippen molar-refractivity contribution >= 4 is 115 Å². The highest BCUT2D eigenvalue weighted by molar-refractivity contribution is 7.28. The number of benzene rings is 8. The smallest absolute Gasteiger partial charge is 0.254 e. The zero-order chi connectivity index (χ0) is 34.4. The summed E-state index contributed by atoms with van der Waals surface area (Å²) in [6.07, 6.45) is 0. The molecule has 244 valence electrons. The summed E-state index contributed by atoms with van der Waals surface area (Å²) in [6.45, 7) is 0.0625. The van der Waals surface area contributed by atoms with Crippen LogP contribution in [0.25, 0.3) is 75.2 Å². The maximum absolute atomic E-state index is 2.60. The lowest BCUT2D eigenvalue weighted by Gasteiger charge is -2.36. The molecule has 13 rings (SSSR count). The van der Waals surface area contributed by atoms with Gasteiger partial charge in [0.1, 0.15) is 0 Å². The molecule has 11 aromatic rings. The molecule has 0 spiro atoms. The molecule has 0 bridgehead atoms. The van der Waals surface area contributed by atoms with E-state index in [0.29, 0.717) is 0 Å². The summed E-state index contributed by atoms with van der Waals surface area (Å²) < 4.78 is 7.91. The molecular formula is C48H28BN3S. The molecule has 2 aliphatic heterocycles. The van der Waals surface area contributed by atoms with Crippen molar-refractivity contribution in [2.24, 2.45) is 0 Å². The van der Waals surface area contributed by atoms with Crippen LogP contribution in [-0.2, 0) is 0 Å². The zero-order valence-corrected chi connectivity index (χ0v) is 29.3. The van der Waals surface area contributed by atoms with Crippen molar-refractivity contribution in [3.8, 4) is 11.4 Å². The molecule has 0 atom stereocenters. The van der Waals surface area contributed by atoms with E-state index in [1.165, 1.54) is 91.5 Å². The van der Waals surface area contributed by atoms with E-state index in [4.69, 9.17) is 0 Å². The lowest BCUT2D eigenvalue weighted by molar-refractivity contribution is 1.13. The van der Waals surface area contributed by atoms with Gasteiger partial charge in [-0.1, -0.05) is 109 Å². The number of hydrogen-bond donors (Lipinski definition) is 0. The number of rotatable bonds is 3. The Balaban J connectivity index is 1.28. The van der Waals surface area contributed by atoms with Gasteiger partial charge in [0, 0.05) is 70.0 Å². The molecule has 0 saturated carbocycles. The summed E-state index contributed by atoms with van der Waals surface area (Å²) in [6, 6.07) is 63.0. The van der Waals surface area contributed by atoms with Crippen LogP contribution in [0.3, 0.4) is 0 Å². The van der Waals surface area contributed by atoms with Gasteiger partial charge >= 0.3 is 0 Å². The second kappa shape index (κ2) is 10.1. The molecule has 2 aliphatic rings. The predicted molar refractivity (Wildman–Crippen MR) is 227 cm³/mol. The van der Waals surface area contributed by atoms with E-state index in [-0.39, 0.29) is 6.71 Å². The number of anilines is 3. The monoisotopic (exact) mass is 689 g/mol. The highest BCUT2D eigenvalue weighted by atomic mass is 32.1. The highest BCUT2D eigenvalue weighted by Gasteiger charge is 2.42. The lowest BCUT2D eigenvalue weighted by Crippen LogP contribution is -2.59. The number of fused-ring (bicyclic) bond motifs is 14. The van der Waals surface area contributed by atoms with E-state index in [0.717, 1.165) is 17.1 Å².